The summed E-state index contributed by atoms with van der Waals surface area (Å²) in [6, 6.07) is 15.3. The molecule has 1 heterocycles. The maximum Gasteiger partial charge on any atom is 0.274 e. The Kier molecular flexibility index (Phi) is 5.72. The molecule has 0 bridgehead atoms. The molecule has 1 aromatic heterocycles. The molecule has 0 aliphatic heterocycles. The third kappa shape index (κ3) is 5.05. The van der Waals surface area contributed by atoms with Crippen LogP contribution in [0.1, 0.15) is 32.9 Å². The fraction of sp³-hybridized carbons (Fsp3) is 0.190. The van der Waals surface area contributed by atoms with E-state index in [0.29, 0.717) is 34.6 Å². The van der Waals surface area contributed by atoms with Crippen molar-refractivity contribution in [2.75, 3.05) is 10.6 Å². The Morgan fingerprint density at radius 2 is 1.74 bits per heavy atom. The number of nitrogens with zero attached hydrogens (tertiary/aromatic N) is 2. The molecule has 0 atom stereocenters. The Balaban J connectivity index is 1.72. The Labute approximate surface area is 163 Å². The molecule has 0 aliphatic carbocycles. The lowest BCUT2D eigenvalue weighted by molar-refractivity contribution is 0.102. The van der Waals surface area contributed by atoms with E-state index in [9.17, 15) is 4.79 Å². The highest BCUT2D eigenvalue weighted by Gasteiger charge is 2.12. The lowest BCUT2D eigenvalue weighted by atomic mass is 10.1. The molecule has 0 radical (unpaired) electrons. The molecular formula is C21H21ClN4O. The highest BCUT2D eigenvalue weighted by molar-refractivity contribution is 6.31. The number of benzene rings is 2. The quantitative estimate of drug-likeness (QED) is 0.659. The van der Waals surface area contributed by atoms with Crippen molar-refractivity contribution in [2.45, 2.75) is 27.3 Å². The predicted molar refractivity (Wildman–Crippen MR) is 109 cm³/mol. The van der Waals surface area contributed by atoms with Gasteiger partial charge in [0, 0.05) is 22.9 Å². The topological polar surface area (TPSA) is 66.9 Å². The minimum atomic E-state index is -0.307. The van der Waals surface area contributed by atoms with E-state index in [1.807, 2.05) is 45.0 Å². The number of aryl methyl sites for hydroxylation is 3. The molecule has 5 nitrogen and oxygen atoms in total. The van der Waals surface area contributed by atoms with Crippen LogP contribution in [0.15, 0.2) is 48.5 Å². The minimum absolute atomic E-state index is 0.297. The van der Waals surface area contributed by atoms with Crippen LogP contribution in [-0.2, 0) is 6.54 Å². The molecule has 6 heteroatoms. The van der Waals surface area contributed by atoms with E-state index in [0.717, 1.165) is 11.1 Å². The molecule has 3 rings (SSSR count). The maximum atomic E-state index is 12.6. The first-order valence-corrected chi connectivity index (χ1v) is 9.01. The minimum Gasteiger partial charge on any atom is -0.350 e. The van der Waals surface area contributed by atoms with Gasteiger partial charge in [-0.1, -0.05) is 47.5 Å². The number of carbonyl (C=O) groups excluding carboxylic acids is 1. The first-order valence-electron chi connectivity index (χ1n) is 8.63. The average Bonchev–Trinajstić information content (AvgIpc) is 2.64. The molecule has 0 saturated carbocycles. The second-order valence-electron chi connectivity index (χ2n) is 6.48. The van der Waals surface area contributed by atoms with Crippen LogP contribution in [0, 0.1) is 20.8 Å². The summed E-state index contributed by atoms with van der Waals surface area (Å²) < 4.78 is 0. The van der Waals surface area contributed by atoms with E-state index in [2.05, 4.69) is 32.7 Å². The van der Waals surface area contributed by atoms with E-state index < -0.39 is 0 Å². The van der Waals surface area contributed by atoms with Gasteiger partial charge < -0.3 is 10.6 Å². The van der Waals surface area contributed by atoms with Crippen LogP contribution in [0.4, 0.5) is 11.6 Å². The monoisotopic (exact) mass is 380 g/mol. The highest BCUT2D eigenvalue weighted by atomic mass is 35.5. The normalized spacial score (nSPS) is 10.5. The van der Waals surface area contributed by atoms with Gasteiger partial charge in [0.2, 0.25) is 5.95 Å². The average molecular weight is 381 g/mol. The van der Waals surface area contributed by atoms with Crippen LogP contribution in [0.3, 0.4) is 0 Å². The van der Waals surface area contributed by atoms with Crippen molar-refractivity contribution in [3.05, 3.63) is 81.6 Å². The summed E-state index contributed by atoms with van der Waals surface area (Å²) in [6.07, 6.45) is 0. The molecule has 1 amide bonds. The van der Waals surface area contributed by atoms with Crippen molar-refractivity contribution in [1.29, 1.82) is 0 Å². The summed E-state index contributed by atoms with van der Waals surface area (Å²) in [5.74, 6) is 0.112. The Morgan fingerprint density at radius 1 is 1.00 bits per heavy atom. The van der Waals surface area contributed by atoms with E-state index in [1.54, 1.807) is 12.1 Å². The van der Waals surface area contributed by atoms with Gasteiger partial charge in [0.05, 0.1) is 0 Å². The SMILES string of the molecule is Cc1ccc(CNc2nc(C)cc(C(=O)Nc3ccc(C)c(Cl)c3)n2)cc1. The van der Waals surface area contributed by atoms with Gasteiger partial charge in [0.25, 0.3) is 5.91 Å². The van der Waals surface area contributed by atoms with Crippen molar-refractivity contribution in [3.63, 3.8) is 0 Å². The summed E-state index contributed by atoms with van der Waals surface area (Å²) in [4.78, 5) is 21.2. The van der Waals surface area contributed by atoms with Crippen LogP contribution in [0.2, 0.25) is 5.02 Å². The number of halogens is 1. The second kappa shape index (κ2) is 8.18. The largest absolute Gasteiger partial charge is 0.350 e. The predicted octanol–water partition coefficient (Wildman–Crippen LogP) is 4.92. The van der Waals surface area contributed by atoms with Crippen molar-refractivity contribution in [2.24, 2.45) is 0 Å². The number of amides is 1. The number of hydrogen-bond donors (Lipinski definition) is 2. The molecule has 2 N–H and O–H groups in total. The Hall–Kier alpha value is -2.92. The van der Waals surface area contributed by atoms with E-state index in [4.69, 9.17) is 11.6 Å². The van der Waals surface area contributed by atoms with E-state index >= 15 is 0 Å². The number of carbonyl (C=O) groups is 1. The molecule has 27 heavy (non-hydrogen) atoms. The molecule has 0 spiro atoms. The molecule has 0 aliphatic rings. The van der Waals surface area contributed by atoms with Gasteiger partial charge in [-0.2, -0.15) is 0 Å². The fourth-order valence-corrected chi connectivity index (χ4v) is 2.70. The van der Waals surface area contributed by atoms with E-state index in [-0.39, 0.29) is 5.91 Å². The zero-order valence-corrected chi connectivity index (χ0v) is 16.3. The Bertz CT molecular complexity index is 970. The van der Waals surface area contributed by atoms with Crippen molar-refractivity contribution < 1.29 is 4.79 Å². The first-order chi connectivity index (χ1) is 12.9. The molecule has 0 unspecified atom stereocenters. The summed E-state index contributed by atoms with van der Waals surface area (Å²) in [7, 11) is 0. The summed E-state index contributed by atoms with van der Waals surface area (Å²) in [5, 5.41) is 6.60. The Morgan fingerprint density at radius 3 is 2.44 bits per heavy atom. The zero-order valence-electron chi connectivity index (χ0n) is 15.5. The molecule has 138 valence electrons. The van der Waals surface area contributed by atoms with Gasteiger partial charge in [0.15, 0.2) is 0 Å². The van der Waals surface area contributed by atoms with Crippen LogP contribution >= 0.6 is 11.6 Å². The van der Waals surface area contributed by atoms with Crippen LogP contribution in [0.5, 0.6) is 0 Å². The lowest BCUT2D eigenvalue weighted by Gasteiger charge is -2.10. The number of anilines is 2. The van der Waals surface area contributed by atoms with E-state index in [1.165, 1.54) is 5.56 Å². The summed E-state index contributed by atoms with van der Waals surface area (Å²) >= 11 is 6.12. The third-order valence-corrected chi connectivity index (χ3v) is 4.49. The number of nitrogens with one attached hydrogen (secondary N) is 2. The number of aromatic nitrogens is 2. The smallest absolute Gasteiger partial charge is 0.274 e. The van der Waals surface area contributed by atoms with Crippen molar-refractivity contribution in [1.82, 2.24) is 9.97 Å². The van der Waals surface area contributed by atoms with Crippen LogP contribution in [0.25, 0.3) is 0 Å². The molecule has 0 saturated heterocycles. The lowest BCUT2D eigenvalue weighted by Crippen LogP contribution is -2.16. The summed E-state index contributed by atoms with van der Waals surface area (Å²) in [6.45, 7) is 6.37. The molecule has 2 aromatic carbocycles. The van der Waals surface area contributed by atoms with Gasteiger partial charge in [0.1, 0.15) is 5.69 Å². The van der Waals surface area contributed by atoms with Gasteiger partial charge >= 0.3 is 0 Å². The highest BCUT2D eigenvalue weighted by Crippen LogP contribution is 2.20. The van der Waals surface area contributed by atoms with Gasteiger partial charge in [-0.15, -0.1) is 0 Å². The fourth-order valence-electron chi connectivity index (χ4n) is 2.52. The van der Waals surface area contributed by atoms with Crippen LogP contribution in [-0.4, -0.2) is 15.9 Å². The van der Waals surface area contributed by atoms with Crippen molar-refractivity contribution >= 4 is 29.1 Å². The molecule has 3 aromatic rings. The van der Waals surface area contributed by atoms with Gasteiger partial charge in [-0.05, 0) is 50.1 Å². The summed E-state index contributed by atoms with van der Waals surface area (Å²) in [5.41, 5.74) is 4.91. The first kappa shape index (κ1) is 18.9. The number of hydrogen-bond acceptors (Lipinski definition) is 4. The second-order valence-corrected chi connectivity index (χ2v) is 6.88. The third-order valence-electron chi connectivity index (χ3n) is 4.09. The molecular weight excluding hydrogens is 360 g/mol. The van der Waals surface area contributed by atoms with Crippen molar-refractivity contribution in [3.8, 4) is 0 Å². The molecule has 0 fully saturated rings. The van der Waals surface area contributed by atoms with Crippen LogP contribution < -0.4 is 10.6 Å². The van der Waals surface area contributed by atoms with Gasteiger partial charge in [-0.25, -0.2) is 9.97 Å². The number of rotatable bonds is 5. The van der Waals surface area contributed by atoms with Gasteiger partial charge in [-0.3, -0.25) is 4.79 Å². The zero-order chi connectivity index (χ0) is 19.4. The standard InChI is InChI=1S/C21H21ClN4O/c1-13-4-7-16(8-5-13)12-23-21-24-15(3)10-19(26-21)20(27)25-17-9-6-14(2)18(22)11-17/h4-11H,12H2,1-3H3,(H,25,27)(H,23,24,26). The maximum absolute atomic E-state index is 12.6.